The Bertz CT molecular complexity index is 641. The fourth-order valence-corrected chi connectivity index (χ4v) is 1.56. The Labute approximate surface area is 122 Å². The molecule has 7 heteroatoms. The molecule has 0 aliphatic carbocycles. The maximum absolute atomic E-state index is 11.7. The van der Waals surface area contributed by atoms with E-state index in [0.717, 1.165) is 0 Å². The highest BCUT2D eigenvalue weighted by Crippen LogP contribution is 2.30. The standard InChI is InChI=1S/C14H16N4O3/c1-18(2)14(19)11-6-7-13(17-16-11)21-12-8-9(20-3)4-5-10(12)15/h4-8H,15H2,1-3H3. The Morgan fingerprint density at radius 3 is 2.52 bits per heavy atom. The van der Waals surface area contributed by atoms with E-state index in [-0.39, 0.29) is 17.5 Å². The van der Waals surface area contributed by atoms with Crippen LogP contribution < -0.4 is 15.2 Å². The predicted octanol–water partition coefficient (Wildman–Crippen LogP) is 1.56. The second-order valence-electron chi connectivity index (χ2n) is 4.46. The summed E-state index contributed by atoms with van der Waals surface area (Å²) in [6.07, 6.45) is 0. The second kappa shape index (κ2) is 6.08. The van der Waals surface area contributed by atoms with Crippen LogP contribution in [0.15, 0.2) is 30.3 Å². The van der Waals surface area contributed by atoms with Gasteiger partial charge in [0.05, 0.1) is 12.8 Å². The smallest absolute Gasteiger partial charge is 0.273 e. The molecule has 0 aliphatic heterocycles. The first kappa shape index (κ1) is 14.6. The third-order valence-corrected chi connectivity index (χ3v) is 2.70. The van der Waals surface area contributed by atoms with Gasteiger partial charge in [0.2, 0.25) is 5.88 Å². The third kappa shape index (κ3) is 3.38. The summed E-state index contributed by atoms with van der Waals surface area (Å²) in [7, 11) is 4.84. The average Bonchev–Trinajstić information content (AvgIpc) is 2.49. The Morgan fingerprint density at radius 2 is 1.95 bits per heavy atom. The molecule has 0 radical (unpaired) electrons. The molecule has 1 aromatic heterocycles. The Balaban J connectivity index is 2.19. The summed E-state index contributed by atoms with van der Waals surface area (Å²) in [5.74, 6) is 1.04. The lowest BCUT2D eigenvalue weighted by atomic mass is 10.3. The number of anilines is 1. The molecule has 0 spiro atoms. The minimum Gasteiger partial charge on any atom is -0.497 e. The van der Waals surface area contributed by atoms with Gasteiger partial charge < -0.3 is 20.1 Å². The Kier molecular flexibility index (Phi) is 4.22. The number of nitrogen functional groups attached to an aromatic ring is 1. The maximum atomic E-state index is 11.7. The van der Waals surface area contributed by atoms with E-state index in [0.29, 0.717) is 17.2 Å². The number of amides is 1. The van der Waals surface area contributed by atoms with E-state index >= 15 is 0 Å². The zero-order valence-corrected chi connectivity index (χ0v) is 12.0. The van der Waals surface area contributed by atoms with E-state index in [4.69, 9.17) is 15.2 Å². The molecule has 2 rings (SSSR count). The van der Waals surface area contributed by atoms with Crippen LogP contribution in [0.4, 0.5) is 5.69 Å². The van der Waals surface area contributed by atoms with Crippen LogP contribution in [-0.2, 0) is 0 Å². The van der Waals surface area contributed by atoms with Crippen LogP contribution in [0.25, 0.3) is 0 Å². The summed E-state index contributed by atoms with van der Waals surface area (Å²) in [4.78, 5) is 13.1. The number of carbonyl (C=O) groups is 1. The van der Waals surface area contributed by atoms with E-state index in [1.807, 2.05) is 0 Å². The number of hydrogen-bond acceptors (Lipinski definition) is 6. The van der Waals surface area contributed by atoms with Gasteiger partial charge in [-0.3, -0.25) is 4.79 Å². The number of benzene rings is 1. The van der Waals surface area contributed by atoms with Crippen molar-refractivity contribution >= 4 is 11.6 Å². The number of nitrogens with two attached hydrogens (primary N) is 1. The van der Waals surface area contributed by atoms with Crippen LogP contribution in [0.2, 0.25) is 0 Å². The average molecular weight is 288 g/mol. The number of carbonyl (C=O) groups excluding carboxylic acids is 1. The predicted molar refractivity (Wildman–Crippen MR) is 77.5 cm³/mol. The summed E-state index contributed by atoms with van der Waals surface area (Å²) in [5, 5.41) is 7.69. The van der Waals surface area contributed by atoms with Gasteiger partial charge in [0.25, 0.3) is 5.91 Å². The van der Waals surface area contributed by atoms with Gasteiger partial charge in [-0.05, 0) is 18.2 Å². The fraction of sp³-hybridized carbons (Fsp3) is 0.214. The van der Waals surface area contributed by atoms with Gasteiger partial charge in [-0.1, -0.05) is 0 Å². The maximum Gasteiger partial charge on any atom is 0.273 e. The quantitative estimate of drug-likeness (QED) is 0.859. The molecule has 1 heterocycles. The number of nitrogens with zero attached hydrogens (tertiary/aromatic N) is 3. The van der Waals surface area contributed by atoms with Crippen molar-refractivity contribution in [2.24, 2.45) is 0 Å². The zero-order chi connectivity index (χ0) is 15.4. The molecule has 21 heavy (non-hydrogen) atoms. The molecule has 1 aromatic carbocycles. The van der Waals surface area contributed by atoms with Crippen molar-refractivity contribution in [2.45, 2.75) is 0 Å². The molecular weight excluding hydrogens is 272 g/mol. The van der Waals surface area contributed by atoms with E-state index in [2.05, 4.69) is 10.2 Å². The molecule has 0 fully saturated rings. The molecule has 0 atom stereocenters. The van der Waals surface area contributed by atoms with Gasteiger partial charge in [-0.2, -0.15) is 0 Å². The molecule has 7 nitrogen and oxygen atoms in total. The van der Waals surface area contributed by atoms with Gasteiger partial charge in [-0.15, -0.1) is 10.2 Å². The van der Waals surface area contributed by atoms with Crippen LogP contribution in [0.3, 0.4) is 0 Å². The van der Waals surface area contributed by atoms with Crippen LogP contribution in [0, 0.1) is 0 Å². The number of aromatic nitrogens is 2. The van der Waals surface area contributed by atoms with Gasteiger partial charge in [0, 0.05) is 26.2 Å². The topological polar surface area (TPSA) is 90.6 Å². The minimum atomic E-state index is -0.227. The molecule has 0 unspecified atom stereocenters. The van der Waals surface area contributed by atoms with E-state index in [1.54, 1.807) is 51.5 Å². The lowest BCUT2D eigenvalue weighted by molar-refractivity contribution is 0.0820. The molecule has 0 saturated heterocycles. The lowest BCUT2D eigenvalue weighted by Crippen LogP contribution is -2.23. The highest BCUT2D eigenvalue weighted by atomic mass is 16.5. The number of rotatable bonds is 4. The Hall–Kier alpha value is -2.83. The summed E-state index contributed by atoms with van der Waals surface area (Å²) < 4.78 is 10.6. The van der Waals surface area contributed by atoms with Crippen molar-refractivity contribution in [3.8, 4) is 17.4 Å². The molecule has 1 amide bonds. The summed E-state index contributed by atoms with van der Waals surface area (Å²) in [6, 6.07) is 8.15. The van der Waals surface area contributed by atoms with Crippen molar-refractivity contribution in [1.82, 2.24) is 15.1 Å². The SMILES string of the molecule is COc1ccc(N)c(Oc2ccc(C(=O)N(C)C)nn2)c1. The molecule has 2 aromatic rings. The van der Waals surface area contributed by atoms with E-state index < -0.39 is 0 Å². The van der Waals surface area contributed by atoms with Crippen LogP contribution in [0.5, 0.6) is 17.4 Å². The molecule has 2 N–H and O–H groups in total. The minimum absolute atomic E-state index is 0.227. The van der Waals surface area contributed by atoms with Crippen molar-refractivity contribution in [3.63, 3.8) is 0 Å². The van der Waals surface area contributed by atoms with Gasteiger partial charge in [0.15, 0.2) is 11.4 Å². The Morgan fingerprint density at radius 1 is 1.19 bits per heavy atom. The van der Waals surface area contributed by atoms with Gasteiger partial charge >= 0.3 is 0 Å². The van der Waals surface area contributed by atoms with Crippen LogP contribution in [0.1, 0.15) is 10.5 Å². The normalized spacial score (nSPS) is 10.0. The van der Waals surface area contributed by atoms with Crippen molar-refractivity contribution in [3.05, 3.63) is 36.0 Å². The molecule has 0 saturated carbocycles. The van der Waals surface area contributed by atoms with Crippen LogP contribution in [-0.4, -0.2) is 42.2 Å². The number of ether oxygens (including phenoxy) is 2. The van der Waals surface area contributed by atoms with E-state index in [1.165, 1.54) is 4.90 Å². The first-order valence-corrected chi connectivity index (χ1v) is 6.18. The van der Waals surface area contributed by atoms with Gasteiger partial charge in [0.1, 0.15) is 5.75 Å². The highest BCUT2D eigenvalue weighted by Gasteiger charge is 2.11. The second-order valence-corrected chi connectivity index (χ2v) is 4.46. The monoisotopic (exact) mass is 288 g/mol. The third-order valence-electron chi connectivity index (χ3n) is 2.70. The molecule has 0 bridgehead atoms. The van der Waals surface area contributed by atoms with Crippen molar-refractivity contribution in [2.75, 3.05) is 26.9 Å². The fourth-order valence-electron chi connectivity index (χ4n) is 1.56. The van der Waals surface area contributed by atoms with Gasteiger partial charge in [-0.25, -0.2) is 0 Å². The van der Waals surface area contributed by atoms with Crippen molar-refractivity contribution < 1.29 is 14.3 Å². The summed E-state index contributed by atoms with van der Waals surface area (Å²) in [5.41, 5.74) is 6.51. The van der Waals surface area contributed by atoms with E-state index in [9.17, 15) is 4.79 Å². The number of methoxy groups -OCH3 is 1. The van der Waals surface area contributed by atoms with Crippen molar-refractivity contribution in [1.29, 1.82) is 0 Å². The summed E-state index contributed by atoms with van der Waals surface area (Å²) >= 11 is 0. The highest BCUT2D eigenvalue weighted by molar-refractivity contribution is 5.91. The molecular formula is C14H16N4O3. The molecule has 110 valence electrons. The molecule has 0 aliphatic rings. The zero-order valence-electron chi connectivity index (χ0n) is 12.0. The van der Waals surface area contributed by atoms with Crippen LogP contribution >= 0.6 is 0 Å². The number of hydrogen-bond donors (Lipinski definition) is 1. The lowest BCUT2D eigenvalue weighted by Gasteiger charge is -2.10. The first-order chi connectivity index (χ1) is 10.0. The first-order valence-electron chi connectivity index (χ1n) is 6.18. The largest absolute Gasteiger partial charge is 0.497 e. The summed E-state index contributed by atoms with van der Waals surface area (Å²) in [6.45, 7) is 0.